The van der Waals surface area contributed by atoms with E-state index in [-0.39, 0.29) is 0 Å². The van der Waals surface area contributed by atoms with E-state index in [1.165, 1.54) is 32.1 Å². The van der Waals surface area contributed by atoms with Crippen LogP contribution in [-0.4, -0.2) is 20.2 Å². The van der Waals surface area contributed by atoms with E-state index in [1.807, 2.05) is 29.8 Å². The van der Waals surface area contributed by atoms with Gasteiger partial charge in [-0.15, -0.1) is 5.10 Å². The zero-order valence-electron chi connectivity index (χ0n) is 12.6. The molecule has 1 aliphatic carbocycles. The first kappa shape index (κ1) is 14.0. The van der Waals surface area contributed by atoms with E-state index in [0.717, 1.165) is 41.5 Å². The number of aromatic nitrogens is 4. The molecule has 0 spiro atoms. The summed E-state index contributed by atoms with van der Waals surface area (Å²) in [5.41, 5.74) is 8.76. The molecule has 0 unspecified atom stereocenters. The molecular weight excluding hydrogens is 262 g/mol. The average molecular weight is 285 g/mol. The van der Waals surface area contributed by atoms with Crippen LogP contribution < -0.4 is 5.73 Å². The van der Waals surface area contributed by atoms with E-state index in [2.05, 4.69) is 15.5 Å². The number of hydrogen-bond acceptors (Lipinski definition) is 4. The van der Waals surface area contributed by atoms with Crippen LogP contribution in [0.4, 0.5) is 5.69 Å². The van der Waals surface area contributed by atoms with Gasteiger partial charge in [0.05, 0.1) is 0 Å². The number of rotatable bonds is 5. The van der Waals surface area contributed by atoms with Gasteiger partial charge in [-0.3, -0.25) is 0 Å². The van der Waals surface area contributed by atoms with Gasteiger partial charge in [0.2, 0.25) is 0 Å². The molecule has 2 N–H and O–H groups in total. The van der Waals surface area contributed by atoms with E-state index in [0.29, 0.717) is 0 Å². The smallest absolute Gasteiger partial charge is 0.182 e. The van der Waals surface area contributed by atoms with Gasteiger partial charge in [-0.25, -0.2) is 4.68 Å². The molecule has 0 amide bonds. The normalized spacial score (nSPS) is 15.7. The maximum atomic E-state index is 5.81. The van der Waals surface area contributed by atoms with Crippen molar-refractivity contribution in [3.05, 3.63) is 23.8 Å². The summed E-state index contributed by atoms with van der Waals surface area (Å²) in [4.78, 5) is 0. The van der Waals surface area contributed by atoms with Crippen molar-refractivity contribution < 1.29 is 0 Å². The molecular formula is C16H23N5. The number of aryl methyl sites for hydroxylation is 2. The number of nitrogen functional groups attached to an aromatic ring is 1. The van der Waals surface area contributed by atoms with Crippen LogP contribution >= 0.6 is 0 Å². The molecule has 1 aromatic carbocycles. The highest BCUT2D eigenvalue weighted by Gasteiger charge is 2.16. The molecule has 21 heavy (non-hydrogen) atoms. The highest BCUT2D eigenvalue weighted by molar-refractivity contribution is 5.63. The Bertz CT molecular complexity index is 598. The molecule has 2 aromatic rings. The monoisotopic (exact) mass is 285 g/mol. The van der Waals surface area contributed by atoms with Gasteiger partial charge in [-0.1, -0.05) is 25.7 Å². The lowest BCUT2D eigenvalue weighted by atomic mass is 10.0. The molecule has 0 aliphatic heterocycles. The van der Waals surface area contributed by atoms with Crippen molar-refractivity contribution in [2.24, 2.45) is 5.92 Å². The quantitative estimate of drug-likeness (QED) is 0.856. The van der Waals surface area contributed by atoms with Gasteiger partial charge in [0.25, 0.3) is 0 Å². The predicted molar refractivity (Wildman–Crippen MR) is 83.6 cm³/mol. The fraction of sp³-hybridized carbons (Fsp3) is 0.562. The molecule has 0 radical (unpaired) electrons. The Labute approximate surface area is 125 Å². The Kier molecular flexibility index (Phi) is 4.18. The lowest BCUT2D eigenvalue weighted by molar-refractivity contribution is 0.444. The van der Waals surface area contributed by atoms with Gasteiger partial charge >= 0.3 is 0 Å². The van der Waals surface area contributed by atoms with E-state index in [4.69, 9.17) is 5.73 Å². The first-order valence-corrected chi connectivity index (χ1v) is 7.86. The standard InChI is InChI=1S/C16H23N5/c1-12-11-14(17)8-9-15(12)16-18-19-20-21(16)10-4-7-13-5-2-3-6-13/h8-9,11,13H,2-7,10,17H2,1H3. The van der Waals surface area contributed by atoms with Gasteiger partial charge in [0, 0.05) is 17.8 Å². The number of nitrogens with zero attached hydrogens (tertiary/aromatic N) is 4. The van der Waals surface area contributed by atoms with Crippen molar-refractivity contribution in [3.8, 4) is 11.4 Å². The Morgan fingerprint density at radius 1 is 1.29 bits per heavy atom. The molecule has 1 fully saturated rings. The lowest BCUT2D eigenvalue weighted by Gasteiger charge is -2.10. The molecule has 1 heterocycles. The first-order chi connectivity index (χ1) is 10.2. The number of anilines is 1. The van der Waals surface area contributed by atoms with E-state index in [9.17, 15) is 0 Å². The Morgan fingerprint density at radius 3 is 2.86 bits per heavy atom. The van der Waals surface area contributed by atoms with Crippen LogP contribution in [-0.2, 0) is 6.54 Å². The summed E-state index contributed by atoms with van der Waals surface area (Å²) in [6.45, 7) is 2.94. The summed E-state index contributed by atoms with van der Waals surface area (Å²) < 4.78 is 1.92. The fourth-order valence-electron chi connectivity index (χ4n) is 3.31. The Hall–Kier alpha value is -1.91. The Morgan fingerprint density at radius 2 is 2.10 bits per heavy atom. The van der Waals surface area contributed by atoms with Gasteiger partial charge < -0.3 is 5.73 Å². The first-order valence-electron chi connectivity index (χ1n) is 7.86. The molecule has 1 aromatic heterocycles. The lowest BCUT2D eigenvalue weighted by Crippen LogP contribution is -2.06. The van der Waals surface area contributed by atoms with Crippen LogP contribution in [0, 0.1) is 12.8 Å². The molecule has 0 atom stereocenters. The number of benzene rings is 1. The van der Waals surface area contributed by atoms with Crippen molar-refractivity contribution >= 4 is 5.69 Å². The number of hydrogen-bond donors (Lipinski definition) is 1. The summed E-state index contributed by atoms with van der Waals surface area (Å²) in [5.74, 6) is 1.77. The maximum Gasteiger partial charge on any atom is 0.182 e. The molecule has 1 aliphatic rings. The van der Waals surface area contributed by atoms with Crippen molar-refractivity contribution in [1.82, 2.24) is 20.2 Å². The van der Waals surface area contributed by atoms with Crippen molar-refractivity contribution in [2.45, 2.75) is 52.0 Å². The zero-order chi connectivity index (χ0) is 14.7. The third kappa shape index (κ3) is 3.23. The van der Waals surface area contributed by atoms with Crippen molar-refractivity contribution in [3.63, 3.8) is 0 Å². The zero-order valence-corrected chi connectivity index (χ0v) is 12.6. The fourth-order valence-corrected chi connectivity index (χ4v) is 3.31. The summed E-state index contributed by atoms with van der Waals surface area (Å²) in [6.07, 6.45) is 8.06. The SMILES string of the molecule is Cc1cc(N)ccc1-c1nnnn1CCCC1CCCC1. The largest absolute Gasteiger partial charge is 0.399 e. The van der Waals surface area contributed by atoms with Crippen LogP contribution in [0.3, 0.4) is 0 Å². The van der Waals surface area contributed by atoms with E-state index in [1.54, 1.807) is 0 Å². The highest BCUT2D eigenvalue weighted by Crippen LogP contribution is 2.29. The second kappa shape index (κ2) is 6.24. The third-order valence-electron chi connectivity index (χ3n) is 4.48. The minimum absolute atomic E-state index is 0.775. The minimum atomic E-state index is 0.775. The van der Waals surface area contributed by atoms with Gasteiger partial charge in [-0.2, -0.15) is 0 Å². The highest BCUT2D eigenvalue weighted by atomic mass is 15.5. The minimum Gasteiger partial charge on any atom is -0.399 e. The van der Waals surface area contributed by atoms with Crippen LogP contribution in [0.1, 0.15) is 44.1 Å². The molecule has 3 rings (SSSR count). The number of nitrogens with two attached hydrogens (primary N) is 1. The van der Waals surface area contributed by atoms with Crippen molar-refractivity contribution in [2.75, 3.05) is 5.73 Å². The topological polar surface area (TPSA) is 69.6 Å². The van der Waals surface area contributed by atoms with Gasteiger partial charge in [0.15, 0.2) is 5.82 Å². The van der Waals surface area contributed by atoms with Gasteiger partial charge in [-0.05, 0) is 59.9 Å². The molecule has 0 saturated heterocycles. The average Bonchev–Trinajstić information content (AvgIpc) is 3.11. The van der Waals surface area contributed by atoms with E-state index < -0.39 is 0 Å². The third-order valence-corrected chi connectivity index (χ3v) is 4.48. The van der Waals surface area contributed by atoms with Crippen LogP contribution in [0.15, 0.2) is 18.2 Å². The summed E-state index contributed by atoms with van der Waals surface area (Å²) in [7, 11) is 0. The van der Waals surface area contributed by atoms with Crippen LogP contribution in [0.2, 0.25) is 0 Å². The summed E-state index contributed by atoms with van der Waals surface area (Å²) in [5, 5.41) is 12.2. The van der Waals surface area contributed by atoms with E-state index >= 15 is 0 Å². The molecule has 112 valence electrons. The molecule has 0 bridgehead atoms. The second-order valence-electron chi connectivity index (χ2n) is 6.09. The van der Waals surface area contributed by atoms with Gasteiger partial charge in [0.1, 0.15) is 0 Å². The maximum absolute atomic E-state index is 5.81. The number of tetrazole rings is 1. The summed E-state index contributed by atoms with van der Waals surface area (Å²) in [6, 6.07) is 5.87. The molecule has 1 saturated carbocycles. The second-order valence-corrected chi connectivity index (χ2v) is 6.09. The van der Waals surface area contributed by atoms with Crippen molar-refractivity contribution in [1.29, 1.82) is 0 Å². The molecule has 5 heteroatoms. The predicted octanol–water partition coefficient (Wildman–Crippen LogP) is 3.20. The summed E-state index contributed by atoms with van der Waals surface area (Å²) >= 11 is 0. The molecule has 5 nitrogen and oxygen atoms in total. The van der Waals surface area contributed by atoms with Crippen LogP contribution in [0.5, 0.6) is 0 Å². The Balaban J connectivity index is 1.68. The van der Waals surface area contributed by atoms with Crippen LogP contribution in [0.25, 0.3) is 11.4 Å².